The highest BCUT2D eigenvalue weighted by Gasteiger charge is 2.17. The van der Waals surface area contributed by atoms with E-state index in [2.05, 4.69) is 5.32 Å². The van der Waals surface area contributed by atoms with Gasteiger partial charge in [-0.2, -0.15) is 0 Å². The van der Waals surface area contributed by atoms with Gasteiger partial charge in [-0.3, -0.25) is 4.79 Å². The van der Waals surface area contributed by atoms with E-state index in [0.29, 0.717) is 5.30 Å². The lowest BCUT2D eigenvalue weighted by Gasteiger charge is -2.12. The topological polar surface area (TPSA) is 83.5 Å². The molecule has 0 bridgehead atoms. The number of benzene rings is 1. The maximum absolute atomic E-state index is 11.9. The molecule has 5 nitrogen and oxygen atoms in total. The van der Waals surface area contributed by atoms with E-state index in [4.69, 9.17) is 5.11 Å². The van der Waals surface area contributed by atoms with Crippen molar-refractivity contribution in [2.45, 2.75) is 6.92 Å². The smallest absolute Gasteiger partial charge is 0.337 e. The molecular weight excluding hydrogens is 241 g/mol. The Kier molecular flexibility index (Phi) is 3.73. The molecule has 0 aliphatic heterocycles. The summed E-state index contributed by atoms with van der Waals surface area (Å²) in [6.45, 7) is 4.45. The summed E-state index contributed by atoms with van der Waals surface area (Å²) < 4.78 is 11.9. The van der Waals surface area contributed by atoms with Gasteiger partial charge in [-0.05, 0) is 25.5 Å². The summed E-state index contributed by atoms with van der Waals surface area (Å²) in [6.07, 6.45) is 0. The van der Waals surface area contributed by atoms with Crippen molar-refractivity contribution in [2.75, 3.05) is 18.6 Å². The zero-order chi connectivity index (χ0) is 13.2. The van der Waals surface area contributed by atoms with E-state index < -0.39 is 13.1 Å². The number of hydrogen-bond donors (Lipinski definition) is 2. The third kappa shape index (κ3) is 3.43. The molecule has 0 aliphatic rings. The van der Waals surface area contributed by atoms with Gasteiger partial charge in [-0.25, -0.2) is 4.79 Å². The first-order chi connectivity index (χ1) is 7.71. The Morgan fingerprint density at radius 2 is 1.88 bits per heavy atom. The van der Waals surface area contributed by atoms with Crippen LogP contribution in [0.4, 0.5) is 5.69 Å². The van der Waals surface area contributed by atoms with Crippen LogP contribution >= 0.6 is 7.14 Å². The Morgan fingerprint density at radius 3 is 2.29 bits per heavy atom. The zero-order valence-corrected chi connectivity index (χ0v) is 10.7. The van der Waals surface area contributed by atoms with Crippen molar-refractivity contribution >= 4 is 30.0 Å². The van der Waals surface area contributed by atoms with Crippen LogP contribution in [0.1, 0.15) is 17.3 Å². The third-order valence-corrected chi connectivity index (χ3v) is 3.69. The summed E-state index contributed by atoms with van der Waals surface area (Å²) in [6, 6.07) is 4.31. The van der Waals surface area contributed by atoms with Crippen LogP contribution in [0.25, 0.3) is 0 Å². The summed E-state index contributed by atoms with van der Waals surface area (Å²) >= 11 is 0. The Labute approximate surface area is 99.2 Å². The summed E-state index contributed by atoms with van der Waals surface area (Å²) in [7, 11) is -2.48. The number of hydrogen-bond acceptors (Lipinski definition) is 3. The molecule has 0 heterocycles. The molecule has 17 heavy (non-hydrogen) atoms. The highest BCUT2D eigenvalue weighted by Crippen LogP contribution is 2.35. The van der Waals surface area contributed by atoms with Crippen LogP contribution in [0, 0.1) is 0 Å². The molecule has 0 unspecified atom stereocenters. The van der Waals surface area contributed by atoms with Crippen molar-refractivity contribution in [2.24, 2.45) is 0 Å². The highest BCUT2D eigenvalue weighted by molar-refractivity contribution is 7.70. The molecule has 0 aromatic heterocycles. The maximum Gasteiger partial charge on any atom is 0.337 e. The first kappa shape index (κ1) is 13.5. The quantitative estimate of drug-likeness (QED) is 0.803. The van der Waals surface area contributed by atoms with Crippen LogP contribution in [-0.4, -0.2) is 30.3 Å². The van der Waals surface area contributed by atoms with Crippen molar-refractivity contribution in [1.82, 2.24) is 0 Å². The fourth-order valence-corrected chi connectivity index (χ4v) is 2.22. The number of carbonyl (C=O) groups is 2. The van der Waals surface area contributed by atoms with Gasteiger partial charge in [0.15, 0.2) is 0 Å². The van der Waals surface area contributed by atoms with Gasteiger partial charge in [0.1, 0.15) is 7.14 Å². The first-order valence-corrected chi connectivity index (χ1v) is 7.52. The van der Waals surface area contributed by atoms with Crippen molar-refractivity contribution in [1.29, 1.82) is 0 Å². The summed E-state index contributed by atoms with van der Waals surface area (Å²) in [5, 5.41) is 11.9. The first-order valence-electron chi connectivity index (χ1n) is 4.92. The normalized spacial score (nSPS) is 11.0. The molecule has 0 saturated carbocycles. The second kappa shape index (κ2) is 4.72. The molecule has 1 rings (SSSR count). The maximum atomic E-state index is 11.9. The number of amides is 1. The molecule has 92 valence electrons. The van der Waals surface area contributed by atoms with Gasteiger partial charge in [-0.15, -0.1) is 0 Å². The van der Waals surface area contributed by atoms with Crippen LogP contribution in [0.3, 0.4) is 0 Å². The second-order valence-corrected chi connectivity index (χ2v) is 7.29. The summed E-state index contributed by atoms with van der Waals surface area (Å²) in [5.41, 5.74) is 0.156. The molecule has 2 N–H and O–H groups in total. The van der Waals surface area contributed by atoms with E-state index in [0.717, 1.165) is 0 Å². The number of carbonyl (C=O) groups excluding carboxylic acids is 1. The summed E-state index contributed by atoms with van der Waals surface area (Å²) in [5.74, 6) is -1.51. The molecule has 0 radical (unpaired) electrons. The fraction of sp³-hybridized carbons (Fsp3) is 0.273. The molecule has 1 amide bonds. The minimum atomic E-state index is -2.48. The molecule has 6 heteroatoms. The zero-order valence-electron chi connectivity index (χ0n) is 9.85. The monoisotopic (exact) mass is 255 g/mol. The van der Waals surface area contributed by atoms with Crippen molar-refractivity contribution in [3.05, 3.63) is 23.8 Å². The number of anilines is 1. The lowest BCUT2D eigenvalue weighted by molar-refractivity contribution is -0.114. The van der Waals surface area contributed by atoms with Crippen LogP contribution < -0.4 is 10.6 Å². The molecule has 0 spiro atoms. The van der Waals surface area contributed by atoms with Gasteiger partial charge >= 0.3 is 5.97 Å². The molecular formula is C11H14NO4P. The Balaban J connectivity index is 3.34. The van der Waals surface area contributed by atoms with E-state index in [-0.39, 0.29) is 17.2 Å². The van der Waals surface area contributed by atoms with E-state index in [9.17, 15) is 14.2 Å². The minimum Gasteiger partial charge on any atom is -0.478 e. The van der Waals surface area contributed by atoms with E-state index >= 15 is 0 Å². The number of rotatable bonds is 3. The fourth-order valence-electron chi connectivity index (χ4n) is 1.35. The largest absolute Gasteiger partial charge is 0.478 e. The molecule has 0 atom stereocenters. The average Bonchev–Trinajstić information content (AvgIpc) is 2.14. The Morgan fingerprint density at radius 1 is 1.29 bits per heavy atom. The van der Waals surface area contributed by atoms with Gasteiger partial charge in [0, 0.05) is 12.2 Å². The van der Waals surface area contributed by atoms with E-state index in [1.54, 1.807) is 13.3 Å². The van der Waals surface area contributed by atoms with Crippen LogP contribution in [0.2, 0.25) is 0 Å². The van der Waals surface area contributed by atoms with Crippen molar-refractivity contribution < 1.29 is 19.3 Å². The lowest BCUT2D eigenvalue weighted by Crippen LogP contribution is -2.14. The van der Waals surface area contributed by atoms with Crippen molar-refractivity contribution in [3.8, 4) is 0 Å². The van der Waals surface area contributed by atoms with Gasteiger partial charge in [0.05, 0.1) is 11.3 Å². The lowest BCUT2D eigenvalue weighted by atomic mass is 10.2. The number of carboxylic acid groups (broad SMARTS) is 1. The van der Waals surface area contributed by atoms with Gasteiger partial charge in [0.25, 0.3) is 0 Å². The van der Waals surface area contributed by atoms with Gasteiger partial charge in [-0.1, -0.05) is 6.07 Å². The van der Waals surface area contributed by atoms with Crippen LogP contribution in [0.15, 0.2) is 18.2 Å². The Hall–Kier alpha value is -1.61. The van der Waals surface area contributed by atoms with Crippen LogP contribution in [0.5, 0.6) is 0 Å². The van der Waals surface area contributed by atoms with Gasteiger partial charge < -0.3 is 15.0 Å². The second-order valence-electron chi connectivity index (χ2n) is 4.07. The highest BCUT2D eigenvalue weighted by atomic mass is 31.2. The number of carboxylic acids is 1. The minimum absolute atomic E-state index is 0.0163. The Bertz CT molecular complexity index is 518. The summed E-state index contributed by atoms with van der Waals surface area (Å²) in [4.78, 5) is 21.9. The molecule has 1 aromatic carbocycles. The number of aromatic carboxylic acids is 1. The van der Waals surface area contributed by atoms with E-state index in [1.165, 1.54) is 25.1 Å². The standard InChI is InChI=1S/C11H14NO4P/c1-7(13)12-10-6-8(17(2,3)16)4-5-9(10)11(14)15/h4-6H,1-3H3,(H,12,13)(H,14,15). The number of nitrogens with one attached hydrogen (secondary N) is 1. The predicted molar refractivity (Wildman–Crippen MR) is 66.8 cm³/mol. The van der Waals surface area contributed by atoms with Gasteiger partial charge in [0.2, 0.25) is 5.91 Å². The van der Waals surface area contributed by atoms with Crippen molar-refractivity contribution in [3.63, 3.8) is 0 Å². The third-order valence-electron chi connectivity index (χ3n) is 2.17. The molecule has 1 aromatic rings. The molecule has 0 aliphatic carbocycles. The molecule has 0 saturated heterocycles. The van der Waals surface area contributed by atoms with Crippen LogP contribution in [-0.2, 0) is 9.36 Å². The van der Waals surface area contributed by atoms with E-state index in [1.807, 2.05) is 0 Å². The SMILES string of the molecule is CC(=O)Nc1cc(P(C)(C)=O)ccc1C(=O)O. The average molecular weight is 255 g/mol. The molecule has 0 fully saturated rings. The predicted octanol–water partition coefficient (Wildman–Crippen LogP) is 1.59.